The normalized spacial score (nSPS) is 15.3. The third-order valence-electron chi connectivity index (χ3n) is 4.64. The first-order valence-electron chi connectivity index (χ1n) is 8.73. The summed E-state index contributed by atoms with van der Waals surface area (Å²) in [7, 11) is 0.251. The molecular weight excluding hydrogens is 348 g/mol. The Hall–Kier alpha value is -2.34. The molecule has 1 aliphatic carbocycles. The lowest BCUT2D eigenvalue weighted by Gasteiger charge is -2.20. The van der Waals surface area contributed by atoms with Crippen LogP contribution in [0.5, 0.6) is 0 Å². The van der Waals surface area contributed by atoms with Crippen LogP contribution < -0.4 is 10.2 Å². The molecular formula is C20H24N2O3S. The largest absolute Gasteiger partial charge is 0.378 e. The molecule has 6 heteroatoms. The highest BCUT2D eigenvalue weighted by Crippen LogP contribution is 2.31. The molecule has 0 aliphatic heterocycles. The van der Waals surface area contributed by atoms with Crippen molar-refractivity contribution in [3.05, 3.63) is 60.2 Å². The van der Waals surface area contributed by atoms with Crippen molar-refractivity contribution in [3.8, 4) is 0 Å². The van der Waals surface area contributed by atoms with Gasteiger partial charge < -0.3 is 10.2 Å². The van der Waals surface area contributed by atoms with Crippen LogP contribution >= 0.6 is 0 Å². The number of nitrogens with zero attached hydrogens (tertiary/aromatic N) is 1. The first-order valence-corrected chi connectivity index (χ1v) is 10.3. The smallest absolute Gasteiger partial charge is 0.223 e. The number of nitrogens with one attached hydrogen (secondary N) is 1. The molecule has 0 saturated heterocycles. The van der Waals surface area contributed by atoms with E-state index >= 15 is 0 Å². The Bertz CT molecular complexity index is 858. The number of hydrogen-bond donors (Lipinski definition) is 1. The first-order chi connectivity index (χ1) is 12.4. The summed E-state index contributed by atoms with van der Waals surface area (Å²) in [5, 5.41) is 2.01. The van der Waals surface area contributed by atoms with Crippen molar-refractivity contribution in [3.63, 3.8) is 0 Å². The van der Waals surface area contributed by atoms with Crippen molar-refractivity contribution in [1.29, 1.82) is 0 Å². The molecule has 0 unspecified atom stereocenters. The molecule has 1 saturated carbocycles. The zero-order valence-electron chi connectivity index (χ0n) is 15.1. The molecule has 1 N–H and O–H groups in total. The molecule has 1 aliphatic rings. The van der Waals surface area contributed by atoms with E-state index in [0.29, 0.717) is 5.56 Å². The van der Waals surface area contributed by atoms with Crippen LogP contribution in [0.1, 0.15) is 23.7 Å². The highest BCUT2D eigenvalue weighted by molar-refractivity contribution is 7.91. The average Bonchev–Trinajstić information content (AvgIpc) is 3.48. The fraction of sp³-hybridized carbons (Fsp3) is 0.350. The van der Waals surface area contributed by atoms with Crippen LogP contribution in [0.15, 0.2) is 59.5 Å². The summed E-state index contributed by atoms with van der Waals surface area (Å²) in [6.45, 7) is 0.0773. The van der Waals surface area contributed by atoms with Crippen LogP contribution in [0.4, 0.5) is 5.69 Å². The van der Waals surface area contributed by atoms with Gasteiger partial charge in [-0.3, -0.25) is 4.79 Å². The first kappa shape index (κ1) is 18.5. The number of amides is 1. The third kappa shape index (κ3) is 4.07. The fourth-order valence-electron chi connectivity index (χ4n) is 2.85. The van der Waals surface area contributed by atoms with Gasteiger partial charge in [-0.25, -0.2) is 8.42 Å². The molecule has 0 radical (unpaired) electrons. The van der Waals surface area contributed by atoms with Gasteiger partial charge in [-0.1, -0.05) is 30.3 Å². The van der Waals surface area contributed by atoms with E-state index in [1.165, 1.54) is 0 Å². The van der Waals surface area contributed by atoms with E-state index < -0.39 is 15.1 Å². The van der Waals surface area contributed by atoms with Crippen molar-refractivity contribution in [2.45, 2.75) is 23.0 Å². The van der Waals surface area contributed by atoms with Gasteiger partial charge in [-0.15, -0.1) is 0 Å². The molecule has 1 amide bonds. The van der Waals surface area contributed by atoms with Gasteiger partial charge in [-0.05, 0) is 42.7 Å². The Balaban J connectivity index is 1.91. The molecule has 1 atom stereocenters. The molecule has 0 aromatic heterocycles. The second-order valence-electron chi connectivity index (χ2n) is 6.85. The van der Waals surface area contributed by atoms with E-state index in [2.05, 4.69) is 5.32 Å². The SMILES string of the molecule is CN(C)c1ccc([C@H](CNC(=O)C2CC2)S(=O)(=O)c2ccccc2)cc1. The minimum atomic E-state index is -3.62. The number of hydrogen-bond acceptors (Lipinski definition) is 4. The number of anilines is 1. The van der Waals surface area contributed by atoms with Crippen LogP contribution in [0, 0.1) is 5.92 Å². The lowest BCUT2D eigenvalue weighted by Crippen LogP contribution is -2.32. The number of benzene rings is 2. The topological polar surface area (TPSA) is 66.5 Å². The maximum Gasteiger partial charge on any atom is 0.223 e. The van der Waals surface area contributed by atoms with E-state index in [0.717, 1.165) is 18.5 Å². The minimum Gasteiger partial charge on any atom is -0.378 e. The van der Waals surface area contributed by atoms with E-state index in [-0.39, 0.29) is 23.3 Å². The van der Waals surface area contributed by atoms with Gasteiger partial charge in [0.1, 0.15) is 5.25 Å². The Kier molecular flexibility index (Phi) is 5.32. The number of rotatable bonds is 7. The predicted molar refractivity (Wildman–Crippen MR) is 103 cm³/mol. The summed E-state index contributed by atoms with van der Waals surface area (Å²) in [4.78, 5) is 14.3. The van der Waals surface area contributed by atoms with Crippen molar-refractivity contribution in [2.75, 3.05) is 25.5 Å². The highest BCUT2D eigenvalue weighted by Gasteiger charge is 2.33. The van der Waals surface area contributed by atoms with Gasteiger partial charge in [0.05, 0.1) is 4.90 Å². The molecule has 2 aromatic rings. The molecule has 5 nitrogen and oxygen atoms in total. The second-order valence-corrected chi connectivity index (χ2v) is 8.98. The van der Waals surface area contributed by atoms with Crippen molar-refractivity contribution in [1.82, 2.24) is 5.32 Å². The van der Waals surface area contributed by atoms with Gasteiger partial charge in [0.15, 0.2) is 9.84 Å². The van der Waals surface area contributed by atoms with Crippen molar-refractivity contribution in [2.24, 2.45) is 5.92 Å². The Morgan fingerprint density at radius 3 is 2.23 bits per heavy atom. The Morgan fingerprint density at radius 2 is 1.69 bits per heavy atom. The monoisotopic (exact) mass is 372 g/mol. The third-order valence-corrected chi connectivity index (χ3v) is 6.75. The van der Waals surface area contributed by atoms with Crippen molar-refractivity contribution >= 4 is 21.4 Å². The fourth-order valence-corrected chi connectivity index (χ4v) is 4.53. The van der Waals surface area contributed by atoms with Crippen molar-refractivity contribution < 1.29 is 13.2 Å². The molecule has 0 heterocycles. The molecule has 3 rings (SSSR count). The van der Waals surface area contributed by atoms with Crippen LogP contribution in [0.3, 0.4) is 0 Å². The van der Waals surface area contributed by atoms with Gasteiger partial charge in [0.25, 0.3) is 0 Å². The summed E-state index contributed by atoms with van der Waals surface area (Å²) in [6, 6.07) is 15.8. The quantitative estimate of drug-likeness (QED) is 0.812. The van der Waals surface area contributed by atoms with E-state index in [4.69, 9.17) is 0 Å². The minimum absolute atomic E-state index is 0.0474. The van der Waals surface area contributed by atoms with Crippen LogP contribution in [0.2, 0.25) is 0 Å². The van der Waals surface area contributed by atoms with E-state index in [1.54, 1.807) is 30.3 Å². The molecule has 0 spiro atoms. The summed E-state index contributed by atoms with van der Waals surface area (Å²) in [5.41, 5.74) is 1.67. The Morgan fingerprint density at radius 1 is 1.08 bits per heavy atom. The van der Waals surface area contributed by atoms with Crippen LogP contribution in [-0.2, 0) is 14.6 Å². The summed E-state index contributed by atoms with van der Waals surface area (Å²) in [5.74, 6) is -0.00521. The zero-order valence-corrected chi connectivity index (χ0v) is 15.9. The predicted octanol–water partition coefficient (Wildman–Crippen LogP) is 2.79. The maximum absolute atomic E-state index is 13.2. The summed E-state index contributed by atoms with van der Waals surface area (Å²) < 4.78 is 26.4. The molecule has 0 bridgehead atoms. The summed E-state index contributed by atoms with van der Waals surface area (Å²) in [6.07, 6.45) is 1.78. The van der Waals surface area contributed by atoms with Gasteiger partial charge in [-0.2, -0.15) is 0 Å². The maximum atomic E-state index is 13.2. The van der Waals surface area contributed by atoms with Gasteiger partial charge >= 0.3 is 0 Å². The Labute approximate surface area is 154 Å². The molecule has 26 heavy (non-hydrogen) atoms. The van der Waals surface area contributed by atoms with Crippen LogP contribution in [-0.4, -0.2) is 35.0 Å². The second kappa shape index (κ2) is 7.50. The highest BCUT2D eigenvalue weighted by atomic mass is 32.2. The standard InChI is InChI=1S/C20H24N2O3S/c1-22(2)17-12-10-15(11-13-17)19(14-21-20(23)16-8-9-16)26(24,25)18-6-4-3-5-7-18/h3-7,10-13,16,19H,8-9,14H2,1-2H3,(H,21,23)/t19-/m0/s1. The van der Waals surface area contributed by atoms with E-state index in [1.807, 2.05) is 43.3 Å². The average molecular weight is 372 g/mol. The number of sulfone groups is 1. The zero-order chi connectivity index (χ0) is 18.7. The van der Waals surface area contributed by atoms with Gasteiger partial charge in [0.2, 0.25) is 5.91 Å². The molecule has 2 aromatic carbocycles. The number of carbonyl (C=O) groups excluding carboxylic acids is 1. The van der Waals surface area contributed by atoms with Gasteiger partial charge in [0, 0.05) is 32.2 Å². The summed E-state index contributed by atoms with van der Waals surface area (Å²) >= 11 is 0. The molecule has 138 valence electrons. The molecule has 1 fully saturated rings. The lowest BCUT2D eigenvalue weighted by atomic mass is 10.1. The van der Waals surface area contributed by atoms with E-state index in [9.17, 15) is 13.2 Å². The number of carbonyl (C=O) groups is 1. The van der Waals surface area contributed by atoms with Crippen LogP contribution in [0.25, 0.3) is 0 Å². The lowest BCUT2D eigenvalue weighted by molar-refractivity contribution is -0.122.